The number of hydrogen-bond acceptors (Lipinski definition) is 6. The van der Waals surface area contributed by atoms with E-state index < -0.39 is 46.9 Å². The van der Waals surface area contributed by atoms with Crippen molar-refractivity contribution >= 4 is 29.1 Å². The van der Waals surface area contributed by atoms with E-state index in [4.69, 9.17) is 9.47 Å². The van der Waals surface area contributed by atoms with Crippen molar-refractivity contribution in [3.8, 4) is 5.75 Å². The molecule has 7 heteroatoms. The summed E-state index contributed by atoms with van der Waals surface area (Å²) in [6, 6.07) is 20.6. The smallest absolute Gasteiger partial charge is 0.241 e. The van der Waals surface area contributed by atoms with Crippen molar-refractivity contribution < 1.29 is 28.7 Å². The molecule has 2 heterocycles. The lowest BCUT2D eigenvalue weighted by atomic mass is 9.77. The Kier molecular flexibility index (Phi) is 4.95. The number of imide groups is 1. The number of Topliss-reactive ketones (excluding diaryl/α,β-unsaturated/α-hetero) is 2. The van der Waals surface area contributed by atoms with E-state index in [0.29, 0.717) is 17.9 Å². The maximum atomic E-state index is 14.1. The van der Waals surface area contributed by atoms with Crippen LogP contribution in [0, 0.1) is 18.8 Å². The van der Waals surface area contributed by atoms with E-state index in [-0.39, 0.29) is 16.8 Å². The second-order valence-electron chi connectivity index (χ2n) is 9.30. The number of fused-ring (bicyclic) bond motifs is 3. The molecule has 2 fully saturated rings. The first-order valence-corrected chi connectivity index (χ1v) is 11.9. The number of ketones is 2. The Bertz CT molecular complexity index is 1410. The quantitative estimate of drug-likeness (QED) is 0.412. The lowest BCUT2D eigenvalue weighted by Gasteiger charge is -2.27. The first-order valence-electron chi connectivity index (χ1n) is 11.9. The van der Waals surface area contributed by atoms with Gasteiger partial charge in [0.05, 0.1) is 30.2 Å². The fourth-order valence-corrected chi connectivity index (χ4v) is 5.73. The lowest BCUT2D eigenvalue weighted by Crippen LogP contribution is -2.51. The standard InChI is InChI=1S/C29H23NO6/c1-3-35-21-11-7-6-10-20(21)30-27(33)22-23(28(30)34)29(36-24(22)17-14-12-16(2)13-15-17)25(31)18-8-4-5-9-19(18)26(29)32/h4-15,22-24H,3H2,1-2H3/t22-,23-,24-/m1/s1. The van der Waals surface area contributed by atoms with Crippen molar-refractivity contribution in [2.45, 2.75) is 25.6 Å². The molecule has 0 N–H and O–H groups in total. The van der Waals surface area contributed by atoms with E-state index in [9.17, 15) is 19.2 Å². The van der Waals surface area contributed by atoms with Crippen LogP contribution in [0.5, 0.6) is 5.75 Å². The van der Waals surface area contributed by atoms with Gasteiger partial charge >= 0.3 is 0 Å². The zero-order valence-electron chi connectivity index (χ0n) is 19.8. The van der Waals surface area contributed by atoms with Gasteiger partial charge in [-0.3, -0.25) is 19.2 Å². The highest BCUT2D eigenvalue weighted by Gasteiger charge is 2.74. The minimum Gasteiger partial charge on any atom is -0.492 e. The van der Waals surface area contributed by atoms with Crippen molar-refractivity contribution in [1.29, 1.82) is 0 Å². The molecule has 2 amide bonds. The Balaban J connectivity index is 1.54. The van der Waals surface area contributed by atoms with E-state index in [1.807, 2.05) is 38.1 Å². The molecule has 6 rings (SSSR count). The van der Waals surface area contributed by atoms with Gasteiger partial charge in [0.15, 0.2) is 0 Å². The number of benzene rings is 3. The fourth-order valence-electron chi connectivity index (χ4n) is 5.73. The highest BCUT2D eigenvalue weighted by atomic mass is 16.5. The predicted octanol–water partition coefficient (Wildman–Crippen LogP) is 4.09. The number of aryl methyl sites for hydroxylation is 1. The molecule has 0 bridgehead atoms. The SMILES string of the molecule is CCOc1ccccc1N1C(=O)[C@H]2[C@@H](c3ccc(C)cc3)OC3(C(=O)c4ccccc4C3=O)[C@H]2C1=O. The van der Waals surface area contributed by atoms with Gasteiger partial charge in [-0.1, -0.05) is 66.2 Å². The number of amides is 2. The molecule has 0 radical (unpaired) electrons. The molecule has 0 unspecified atom stereocenters. The van der Waals surface area contributed by atoms with Crippen molar-refractivity contribution in [3.63, 3.8) is 0 Å². The molecule has 180 valence electrons. The van der Waals surface area contributed by atoms with Gasteiger partial charge in [0.25, 0.3) is 0 Å². The molecule has 2 saturated heterocycles. The Morgan fingerprint density at radius 2 is 1.44 bits per heavy atom. The molecule has 36 heavy (non-hydrogen) atoms. The van der Waals surface area contributed by atoms with Crippen LogP contribution >= 0.6 is 0 Å². The Hall–Kier alpha value is -4.10. The number of anilines is 1. The summed E-state index contributed by atoms with van der Waals surface area (Å²) in [5.41, 5.74) is 0.247. The first-order chi connectivity index (χ1) is 17.4. The molecule has 7 nitrogen and oxygen atoms in total. The van der Waals surface area contributed by atoms with Crippen LogP contribution in [0.2, 0.25) is 0 Å². The minimum atomic E-state index is -2.09. The van der Waals surface area contributed by atoms with E-state index in [1.54, 1.807) is 48.5 Å². The largest absolute Gasteiger partial charge is 0.492 e. The normalized spacial score (nSPS) is 23.9. The van der Waals surface area contributed by atoms with Crippen LogP contribution in [0.3, 0.4) is 0 Å². The summed E-state index contributed by atoms with van der Waals surface area (Å²) in [5.74, 6) is -4.27. The molecule has 0 saturated carbocycles. The second-order valence-corrected chi connectivity index (χ2v) is 9.30. The van der Waals surface area contributed by atoms with Gasteiger partial charge in [0, 0.05) is 11.1 Å². The van der Waals surface area contributed by atoms with E-state index in [1.165, 1.54) is 0 Å². The average Bonchev–Trinajstić information content (AvgIpc) is 3.45. The number of carbonyl (C=O) groups is 4. The summed E-state index contributed by atoms with van der Waals surface area (Å²) >= 11 is 0. The van der Waals surface area contributed by atoms with Crippen molar-refractivity contribution in [3.05, 3.63) is 95.1 Å². The van der Waals surface area contributed by atoms with Gasteiger partial charge in [0.1, 0.15) is 5.75 Å². The number of rotatable bonds is 4. The maximum Gasteiger partial charge on any atom is 0.241 e. The van der Waals surface area contributed by atoms with Crippen LogP contribution in [0.15, 0.2) is 72.8 Å². The van der Waals surface area contributed by atoms with Gasteiger partial charge in [0.2, 0.25) is 29.0 Å². The lowest BCUT2D eigenvalue weighted by molar-refractivity contribution is -0.127. The Morgan fingerprint density at radius 3 is 2.08 bits per heavy atom. The van der Waals surface area contributed by atoms with Crippen LogP contribution in [0.1, 0.15) is 44.9 Å². The Labute approximate surface area is 207 Å². The molecule has 3 atom stereocenters. The van der Waals surface area contributed by atoms with Crippen molar-refractivity contribution in [2.24, 2.45) is 11.8 Å². The van der Waals surface area contributed by atoms with Gasteiger partial charge in [-0.2, -0.15) is 0 Å². The van der Waals surface area contributed by atoms with Crippen LogP contribution in [0.25, 0.3) is 0 Å². The molecule has 3 aliphatic rings. The molecule has 2 aliphatic heterocycles. The highest BCUT2D eigenvalue weighted by Crippen LogP contribution is 2.58. The second kappa shape index (κ2) is 7.96. The highest BCUT2D eigenvalue weighted by molar-refractivity contribution is 6.37. The van der Waals surface area contributed by atoms with Gasteiger partial charge in [-0.15, -0.1) is 0 Å². The zero-order valence-corrected chi connectivity index (χ0v) is 19.8. The third-order valence-corrected chi connectivity index (χ3v) is 7.33. The number of carbonyl (C=O) groups excluding carboxylic acids is 4. The Morgan fingerprint density at radius 1 is 0.833 bits per heavy atom. The molecular weight excluding hydrogens is 458 g/mol. The summed E-state index contributed by atoms with van der Waals surface area (Å²) in [7, 11) is 0. The van der Waals surface area contributed by atoms with Crippen molar-refractivity contribution in [1.82, 2.24) is 0 Å². The number of ether oxygens (including phenoxy) is 2. The zero-order chi connectivity index (χ0) is 25.2. The number of hydrogen-bond donors (Lipinski definition) is 0. The molecule has 1 aliphatic carbocycles. The third kappa shape index (κ3) is 2.83. The van der Waals surface area contributed by atoms with E-state index in [0.717, 1.165) is 10.5 Å². The number of para-hydroxylation sites is 2. The van der Waals surface area contributed by atoms with Gasteiger partial charge in [-0.25, -0.2) is 4.90 Å². The molecule has 3 aromatic rings. The summed E-state index contributed by atoms with van der Waals surface area (Å²) in [6.07, 6.45) is -0.946. The molecular formula is C29H23NO6. The average molecular weight is 482 g/mol. The summed E-state index contributed by atoms with van der Waals surface area (Å²) in [5, 5.41) is 0. The predicted molar refractivity (Wildman–Crippen MR) is 130 cm³/mol. The molecule has 0 aromatic heterocycles. The van der Waals surface area contributed by atoms with Crippen molar-refractivity contribution in [2.75, 3.05) is 11.5 Å². The number of nitrogens with zero attached hydrogens (tertiary/aromatic N) is 1. The minimum absolute atomic E-state index is 0.208. The summed E-state index contributed by atoms with van der Waals surface area (Å²) < 4.78 is 12.0. The van der Waals surface area contributed by atoms with E-state index in [2.05, 4.69) is 0 Å². The van der Waals surface area contributed by atoms with Crippen LogP contribution in [0.4, 0.5) is 5.69 Å². The maximum absolute atomic E-state index is 14.1. The topological polar surface area (TPSA) is 90.0 Å². The molecule has 1 spiro atoms. The van der Waals surface area contributed by atoms with Gasteiger partial charge in [-0.05, 0) is 31.5 Å². The first kappa shape index (κ1) is 22.4. The monoisotopic (exact) mass is 481 g/mol. The fraction of sp³-hybridized carbons (Fsp3) is 0.241. The summed E-state index contributed by atoms with van der Waals surface area (Å²) in [6.45, 7) is 4.08. The van der Waals surface area contributed by atoms with Crippen LogP contribution in [-0.2, 0) is 14.3 Å². The van der Waals surface area contributed by atoms with E-state index >= 15 is 0 Å². The third-order valence-electron chi connectivity index (χ3n) is 7.33. The van der Waals surface area contributed by atoms with Crippen LogP contribution < -0.4 is 9.64 Å². The van der Waals surface area contributed by atoms with Gasteiger partial charge < -0.3 is 9.47 Å². The molecule has 3 aromatic carbocycles. The van der Waals surface area contributed by atoms with Crippen LogP contribution in [-0.4, -0.2) is 35.6 Å². The summed E-state index contributed by atoms with van der Waals surface area (Å²) in [4.78, 5) is 56.7.